The highest BCUT2D eigenvalue weighted by Gasteiger charge is 2.27. The van der Waals surface area contributed by atoms with Gasteiger partial charge in [0.15, 0.2) is 0 Å². The number of aliphatic carboxylic acids is 1. The lowest BCUT2D eigenvalue weighted by Crippen LogP contribution is -2.26. The van der Waals surface area contributed by atoms with Gasteiger partial charge in [0.1, 0.15) is 0 Å². The van der Waals surface area contributed by atoms with E-state index in [0.717, 1.165) is 19.3 Å². The first-order valence-corrected chi connectivity index (χ1v) is 5.48. The number of carboxylic acid groups (broad SMARTS) is 1. The fraction of sp³-hybridized carbons (Fsp3) is 0.462. The number of benzene rings is 1. The smallest absolute Gasteiger partial charge is 0.306 e. The lowest BCUT2D eigenvalue weighted by molar-refractivity contribution is -0.143. The molecule has 0 saturated carbocycles. The first-order chi connectivity index (χ1) is 7.18. The lowest BCUT2D eigenvalue weighted by atomic mass is 9.78. The van der Waals surface area contributed by atoms with Gasteiger partial charge in [-0.3, -0.25) is 4.79 Å². The van der Waals surface area contributed by atoms with Gasteiger partial charge in [0.25, 0.3) is 0 Å². The molecule has 1 unspecified atom stereocenters. The zero-order chi connectivity index (χ0) is 10.8. The number of carbonyl (C=O) groups is 1. The van der Waals surface area contributed by atoms with Gasteiger partial charge in [-0.15, -0.1) is 0 Å². The maximum atomic E-state index is 10.9. The minimum Gasteiger partial charge on any atom is -0.481 e. The molecule has 0 amide bonds. The van der Waals surface area contributed by atoms with Crippen LogP contribution in [-0.2, 0) is 17.6 Å². The summed E-state index contributed by atoms with van der Waals surface area (Å²) >= 11 is 0. The SMILES string of the molecule is C[C@H](C(=O)O)C1CCc2ccccc2C1. The Balaban J connectivity index is 2.15. The van der Waals surface area contributed by atoms with Crippen LogP contribution in [0.1, 0.15) is 24.5 Å². The van der Waals surface area contributed by atoms with Crippen molar-refractivity contribution in [3.8, 4) is 0 Å². The van der Waals surface area contributed by atoms with Crippen LogP contribution < -0.4 is 0 Å². The van der Waals surface area contributed by atoms with E-state index in [4.69, 9.17) is 5.11 Å². The van der Waals surface area contributed by atoms with Crippen molar-refractivity contribution in [3.05, 3.63) is 35.4 Å². The van der Waals surface area contributed by atoms with Crippen LogP contribution in [0.3, 0.4) is 0 Å². The molecule has 0 bridgehead atoms. The Bertz CT molecular complexity index is 371. The predicted octanol–water partition coefficient (Wildman–Crippen LogP) is 2.51. The van der Waals surface area contributed by atoms with Crippen molar-refractivity contribution in [1.82, 2.24) is 0 Å². The topological polar surface area (TPSA) is 37.3 Å². The molecule has 0 saturated heterocycles. The molecular weight excluding hydrogens is 188 g/mol. The zero-order valence-electron chi connectivity index (χ0n) is 8.94. The average molecular weight is 204 g/mol. The number of aryl methyl sites for hydroxylation is 1. The summed E-state index contributed by atoms with van der Waals surface area (Å²) in [5, 5.41) is 8.98. The van der Waals surface area contributed by atoms with Crippen molar-refractivity contribution in [2.75, 3.05) is 0 Å². The molecule has 2 rings (SSSR count). The minimum atomic E-state index is -0.667. The first-order valence-electron chi connectivity index (χ1n) is 5.48. The molecule has 0 radical (unpaired) electrons. The fourth-order valence-electron chi connectivity index (χ4n) is 2.35. The number of rotatable bonds is 2. The van der Waals surface area contributed by atoms with Crippen molar-refractivity contribution in [1.29, 1.82) is 0 Å². The van der Waals surface area contributed by atoms with Gasteiger partial charge in [0.2, 0.25) is 0 Å². The molecule has 2 atom stereocenters. The van der Waals surface area contributed by atoms with E-state index in [9.17, 15) is 4.79 Å². The summed E-state index contributed by atoms with van der Waals surface area (Å²) in [4.78, 5) is 10.9. The molecule has 0 fully saturated rings. The monoisotopic (exact) mass is 204 g/mol. The zero-order valence-corrected chi connectivity index (χ0v) is 8.94. The molecule has 1 aliphatic carbocycles. The molecule has 1 aromatic carbocycles. The average Bonchev–Trinajstić information content (AvgIpc) is 2.27. The van der Waals surface area contributed by atoms with Crippen molar-refractivity contribution < 1.29 is 9.90 Å². The maximum Gasteiger partial charge on any atom is 0.306 e. The maximum absolute atomic E-state index is 10.9. The van der Waals surface area contributed by atoms with Crippen molar-refractivity contribution in [2.45, 2.75) is 26.2 Å². The second-order valence-electron chi connectivity index (χ2n) is 4.40. The molecular formula is C13H16O2. The van der Waals surface area contributed by atoms with Crippen LogP contribution in [0.15, 0.2) is 24.3 Å². The van der Waals surface area contributed by atoms with E-state index >= 15 is 0 Å². The minimum absolute atomic E-state index is 0.224. The lowest BCUT2D eigenvalue weighted by Gasteiger charge is -2.27. The molecule has 1 aliphatic rings. The van der Waals surface area contributed by atoms with Gasteiger partial charge in [-0.2, -0.15) is 0 Å². The van der Waals surface area contributed by atoms with Crippen molar-refractivity contribution in [2.24, 2.45) is 11.8 Å². The second-order valence-corrected chi connectivity index (χ2v) is 4.40. The fourth-order valence-corrected chi connectivity index (χ4v) is 2.35. The highest BCUT2D eigenvalue weighted by atomic mass is 16.4. The number of carboxylic acids is 1. The number of hydrogen-bond acceptors (Lipinski definition) is 1. The standard InChI is InChI=1S/C13H16O2/c1-9(13(14)15)11-7-6-10-4-2-3-5-12(10)8-11/h2-5,9,11H,6-8H2,1H3,(H,14,15)/t9-,11?/m0/s1. The van der Waals surface area contributed by atoms with Crippen LogP contribution in [0.4, 0.5) is 0 Å². The van der Waals surface area contributed by atoms with E-state index in [2.05, 4.69) is 18.2 Å². The van der Waals surface area contributed by atoms with Crippen LogP contribution in [0.2, 0.25) is 0 Å². The molecule has 0 spiro atoms. The summed E-state index contributed by atoms with van der Waals surface area (Å²) in [5.74, 6) is -0.588. The summed E-state index contributed by atoms with van der Waals surface area (Å²) < 4.78 is 0. The Hall–Kier alpha value is -1.31. The number of hydrogen-bond donors (Lipinski definition) is 1. The van der Waals surface area contributed by atoms with Crippen molar-refractivity contribution >= 4 is 5.97 Å². The third kappa shape index (κ3) is 2.04. The molecule has 1 N–H and O–H groups in total. The molecule has 0 aliphatic heterocycles. The van der Waals surface area contributed by atoms with E-state index in [-0.39, 0.29) is 5.92 Å². The highest BCUT2D eigenvalue weighted by Crippen LogP contribution is 2.30. The van der Waals surface area contributed by atoms with E-state index in [0.29, 0.717) is 5.92 Å². The van der Waals surface area contributed by atoms with Crippen LogP contribution in [-0.4, -0.2) is 11.1 Å². The van der Waals surface area contributed by atoms with E-state index in [1.807, 2.05) is 13.0 Å². The molecule has 2 heteroatoms. The summed E-state index contributed by atoms with van der Waals surface area (Å²) in [6.07, 6.45) is 2.95. The Morgan fingerprint density at radius 1 is 1.40 bits per heavy atom. The Kier molecular flexibility index (Phi) is 2.76. The quantitative estimate of drug-likeness (QED) is 0.803. The van der Waals surface area contributed by atoms with Gasteiger partial charge >= 0.3 is 5.97 Å². The van der Waals surface area contributed by atoms with Gasteiger partial charge in [0, 0.05) is 0 Å². The van der Waals surface area contributed by atoms with Gasteiger partial charge in [-0.1, -0.05) is 31.2 Å². The van der Waals surface area contributed by atoms with Gasteiger partial charge in [-0.25, -0.2) is 0 Å². The molecule has 1 aromatic rings. The van der Waals surface area contributed by atoms with Gasteiger partial charge in [-0.05, 0) is 36.3 Å². The molecule has 80 valence electrons. The largest absolute Gasteiger partial charge is 0.481 e. The first kappa shape index (κ1) is 10.2. The number of fused-ring (bicyclic) bond motifs is 1. The van der Waals surface area contributed by atoms with E-state index in [1.54, 1.807) is 0 Å². The summed E-state index contributed by atoms with van der Waals surface area (Å²) in [5.41, 5.74) is 2.73. The Morgan fingerprint density at radius 3 is 2.73 bits per heavy atom. The third-order valence-corrected chi connectivity index (χ3v) is 3.48. The summed E-state index contributed by atoms with van der Waals surface area (Å²) in [6, 6.07) is 8.36. The molecule has 15 heavy (non-hydrogen) atoms. The van der Waals surface area contributed by atoms with E-state index in [1.165, 1.54) is 11.1 Å². The predicted molar refractivity (Wildman–Crippen MR) is 58.8 cm³/mol. The normalized spacial score (nSPS) is 21.8. The van der Waals surface area contributed by atoms with Crippen molar-refractivity contribution in [3.63, 3.8) is 0 Å². The Labute approximate surface area is 89.9 Å². The highest BCUT2D eigenvalue weighted by molar-refractivity contribution is 5.70. The van der Waals surface area contributed by atoms with Crippen LogP contribution in [0.25, 0.3) is 0 Å². The molecule has 0 heterocycles. The summed E-state index contributed by atoms with van der Waals surface area (Å²) in [7, 11) is 0. The summed E-state index contributed by atoms with van der Waals surface area (Å²) in [6.45, 7) is 1.82. The van der Waals surface area contributed by atoms with E-state index < -0.39 is 5.97 Å². The second kappa shape index (κ2) is 4.05. The van der Waals surface area contributed by atoms with Gasteiger partial charge in [0.05, 0.1) is 5.92 Å². The third-order valence-electron chi connectivity index (χ3n) is 3.48. The molecule has 0 aromatic heterocycles. The van der Waals surface area contributed by atoms with Crippen LogP contribution in [0, 0.1) is 11.8 Å². The van der Waals surface area contributed by atoms with Gasteiger partial charge < -0.3 is 5.11 Å². The van der Waals surface area contributed by atoms with Crippen LogP contribution in [0.5, 0.6) is 0 Å². The Morgan fingerprint density at radius 2 is 2.07 bits per heavy atom. The van der Waals surface area contributed by atoms with Crippen LogP contribution >= 0.6 is 0 Å². The molecule has 2 nitrogen and oxygen atoms in total.